The van der Waals surface area contributed by atoms with E-state index in [4.69, 9.17) is 11.6 Å². The van der Waals surface area contributed by atoms with Gasteiger partial charge in [-0.3, -0.25) is 14.2 Å². The number of carbonyl (C=O) groups is 1. The van der Waals surface area contributed by atoms with E-state index >= 15 is 0 Å². The molecule has 4 heterocycles. The third kappa shape index (κ3) is 4.03. The van der Waals surface area contributed by atoms with Crippen molar-refractivity contribution in [3.63, 3.8) is 0 Å². The van der Waals surface area contributed by atoms with Crippen LogP contribution in [0.15, 0.2) is 55.0 Å². The van der Waals surface area contributed by atoms with Gasteiger partial charge in [0.2, 0.25) is 0 Å². The lowest BCUT2D eigenvalue weighted by Crippen LogP contribution is -2.14. The molecule has 1 N–H and O–H groups in total. The standard InChI is InChI=1S/C23H20ClFN8O/c1-3-32-14(2)17(11-27-32)20-7-8-26-21-10-19(29-33(20)21)23(34)28-22-18(24)13-31(30-22)12-15-5-4-6-16(25)9-15/h4-11,13H,3,12H2,1-2H3,(H,28,30,34). The van der Waals surface area contributed by atoms with Gasteiger partial charge in [0.05, 0.1) is 18.4 Å². The highest BCUT2D eigenvalue weighted by molar-refractivity contribution is 6.33. The Balaban J connectivity index is 1.40. The molecule has 0 atom stereocenters. The van der Waals surface area contributed by atoms with Crippen molar-refractivity contribution >= 4 is 29.0 Å². The highest BCUT2D eigenvalue weighted by Crippen LogP contribution is 2.24. The fourth-order valence-electron chi connectivity index (χ4n) is 3.78. The van der Waals surface area contributed by atoms with Gasteiger partial charge in [0, 0.05) is 36.3 Å². The molecule has 0 spiro atoms. The first-order valence-electron chi connectivity index (χ1n) is 10.6. The van der Waals surface area contributed by atoms with Gasteiger partial charge in [-0.2, -0.15) is 15.3 Å². The fourth-order valence-corrected chi connectivity index (χ4v) is 3.98. The normalized spacial score (nSPS) is 11.3. The van der Waals surface area contributed by atoms with Crippen molar-refractivity contribution in [2.45, 2.75) is 26.9 Å². The molecule has 5 rings (SSSR count). The molecule has 172 valence electrons. The summed E-state index contributed by atoms with van der Waals surface area (Å²) in [6.45, 7) is 5.06. The summed E-state index contributed by atoms with van der Waals surface area (Å²) in [5.74, 6) is -0.620. The highest BCUT2D eigenvalue weighted by Gasteiger charge is 2.19. The second-order valence-electron chi connectivity index (χ2n) is 7.70. The maximum atomic E-state index is 13.4. The summed E-state index contributed by atoms with van der Waals surface area (Å²) in [6.07, 6.45) is 5.02. The number of carbonyl (C=O) groups excluding carboxylic acids is 1. The zero-order valence-corrected chi connectivity index (χ0v) is 19.2. The number of rotatable bonds is 6. The van der Waals surface area contributed by atoms with Crippen molar-refractivity contribution in [3.05, 3.63) is 82.8 Å². The van der Waals surface area contributed by atoms with Crippen molar-refractivity contribution in [1.29, 1.82) is 0 Å². The topological polar surface area (TPSA) is 94.9 Å². The van der Waals surface area contributed by atoms with E-state index in [1.807, 2.05) is 24.6 Å². The number of aromatic nitrogens is 7. The van der Waals surface area contributed by atoms with E-state index in [2.05, 4.69) is 25.6 Å². The van der Waals surface area contributed by atoms with Crippen molar-refractivity contribution < 1.29 is 9.18 Å². The van der Waals surface area contributed by atoms with Gasteiger partial charge in [-0.1, -0.05) is 23.7 Å². The van der Waals surface area contributed by atoms with E-state index in [0.717, 1.165) is 29.1 Å². The first kappa shape index (κ1) is 21.8. The molecule has 0 bridgehead atoms. The number of halogens is 2. The Labute approximate surface area is 198 Å². The SMILES string of the molecule is CCn1ncc(-c2ccnc3cc(C(=O)Nc4nn(Cc5cccc(F)c5)cc4Cl)nn23)c1C. The Bertz CT molecular complexity index is 1520. The number of nitrogens with one attached hydrogen (secondary N) is 1. The number of nitrogens with zero attached hydrogens (tertiary/aromatic N) is 7. The molecule has 0 saturated heterocycles. The van der Waals surface area contributed by atoms with Crippen LogP contribution in [0.2, 0.25) is 5.02 Å². The van der Waals surface area contributed by atoms with Gasteiger partial charge in [0.1, 0.15) is 10.8 Å². The van der Waals surface area contributed by atoms with Gasteiger partial charge >= 0.3 is 0 Å². The molecule has 1 amide bonds. The number of fused-ring (bicyclic) bond motifs is 1. The molecule has 1 aromatic carbocycles. The predicted octanol–water partition coefficient (Wildman–Crippen LogP) is 4.21. The van der Waals surface area contributed by atoms with Crippen LogP contribution < -0.4 is 5.32 Å². The average molecular weight is 479 g/mol. The van der Waals surface area contributed by atoms with Gasteiger partial charge < -0.3 is 5.32 Å². The lowest BCUT2D eigenvalue weighted by Gasteiger charge is -2.04. The summed E-state index contributed by atoms with van der Waals surface area (Å²) >= 11 is 6.27. The Morgan fingerprint density at radius 2 is 2.06 bits per heavy atom. The van der Waals surface area contributed by atoms with Crippen LogP contribution in [0.5, 0.6) is 0 Å². The average Bonchev–Trinajstić information content (AvgIpc) is 3.50. The summed E-state index contributed by atoms with van der Waals surface area (Å²) in [5.41, 5.74) is 4.08. The van der Waals surface area contributed by atoms with Crippen molar-refractivity contribution in [2.75, 3.05) is 5.32 Å². The second kappa shape index (κ2) is 8.71. The summed E-state index contributed by atoms with van der Waals surface area (Å²) in [4.78, 5) is 17.3. The van der Waals surface area contributed by atoms with E-state index in [1.54, 1.807) is 41.3 Å². The third-order valence-electron chi connectivity index (χ3n) is 5.45. The third-order valence-corrected chi connectivity index (χ3v) is 5.73. The molecule has 0 saturated carbocycles. The first-order valence-corrected chi connectivity index (χ1v) is 11.0. The number of hydrogen-bond acceptors (Lipinski definition) is 5. The van der Waals surface area contributed by atoms with E-state index < -0.39 is 5.91 Å². The van der Waals surface area contributed by atoms with Gasteiger partial charge in [-0.15, -0.1) is 0 Å². The minimum atomic E-state index is -0.477. The summed E-state index contributed by atoms with van der Waals surface area (Å²) in [6, 6.07) is 9.62. The fraction of sp³-hybridized carbons (Fsp3) is 0.174. The van der Waals surface area contributed by atoms with Crippen molar-refractivity contribution in [1.82, 2.24) is 34.2 Å². The van der Waals surface area contributed by atoms with Crippen LogP contribution in [-0.4, -0.2) is 40.1 Å². The predicted molar refractivity (Wildman–Crippen MR) is 125 cm³/mol. The molecular weight excluding hydrogens is 459 g/mol. The minimum Gasteiger partial charge on any atom is -0.302 e. The van der Waals surface area contributed by atoms with Crippen LogP contribution >= 0.6 is 11.6 Å². The van der Waals surface area contributed by atoms with Crippen molar-refractivity contribution in [2.24, 2.45) is 0 Å². The lowest BCUT2D eigenvalue weighted by atomic mass is 10.2. The molecule has 9 nitrogen and oxygen atoms in total. The number of amides is 1. The quantitative estimate of drug-likeness (QED) is 0.394. The molecule has 0 unspecified atom stereocenters. The Morgan fingerprint density at radius 1 is 1.21 bits per heavy atom. The molecule has 0 aliphatic rings. The Kier molecular flexibility index (Phi) is 5.58. The molecular formula is C23H20ClFN8O. The smallest absolute Gasteiger partial charge is 0.277 e. The summed E-state index contributed by atoms with van der Waals surface area (Å²) in [7, 11) is 0. The van der Waals surface area contributed by atoms with Gasteiger partial charge in [0.15, 0.2) is 17.2 Å². The molecule has 0 radical (unpaired) electrons. The van der Waals surface area contributed by atoms with E-state index in [9.17, 15) is 9.18 Å². The monoisotopic (exact) mass is 478 g/mol. The molecule has 34 heavy (non-hydrogen) atoms. The molecule has 11 heteroatoms. The van der Waals surface area contributed by atoms with E-state index in [0.29, 0.717) is 12.2 Å². The Morgan fingerprint density at radius 3 is 2.82 bits per heavy atom. The molecule has 4 aromatic heterocycles. The van der Waals surface area contributed by atoms with Crippen LogP contribution in [0.3, 0.4) is 0 Å². The highest BCUT2D eigenvalue weighted by atomic mass is 35.5. The van der Waals surface area contributed by atoms with Crippen molar-refractivity contribution in [3.8, 4) is 11.3 Å². The van der Waals surface area contributed by atoms with E-state index in [1.165, 1.54) is 16.8 Å². The summed E-state index contributed by atoms with van der Waals surface area (Å²) in [5, 5.41) is 16.1. The number of anilines is 1. The van der Waals surface area contributed by atoms with Crippen LogP contribution in [0.1, 0.15) is 28.7 Å². The van der Waals surface area contributed by atoms with Crippen LogP contribution in [-0.2, 0) is 13.1 Å². The molecule has 0 fully saturated rings. The maximum Gasteiger partial charge on any atom is 0.277 e. The first-order chi connectivity index (χ1) is 16.4. The lowest BCUT2D eigenvalue weighted by molar-refractivity contribution is 0.102. The molecule has 0 aliphatic carbocycles. The van der Waals surface area contributed by atoms with E-state index in [-0.39, 0.29) is 22.4 Å². The zero-order valence-electron chi connectivity index (χ0n) is 18.4. The molecule has 0 aliphatic heterocycles. The van der Waals surface area contributed by atoms with Crippen LogP contribution in [0, 0.1) is 12.7 Å². The van der Waals surface area contributed by atoms with Gasteiger partial charge in [0.25, 0.3) is 5.91 Å². The van der Waals surface area contributed by atoms with Crippen LogP contribution in [0.4, 0.5) is 10.2 Å². The number of aryl methyl sites for hydroxylation is 1. The zero-order chi connectivity index (χ0) is 23.8. The second-order valence-corrected chi connectivity index (χ2v) is 8.10. The minimum absolute atomic E-state index is 0.163. The van der Waals surface area contributed by atoms with Crippen LogP contribution in [0.25, 0.3) is 16.9 Å². The summed E-state index contributed by atoms with van der Waals surface area (Å²) < 4.78 is 18.5. The Hall–Kier alpha value is -4.05. The van der Waals surface area contributed by atoms with Gasteiger partial charge in [-0.25, -0.2) is 13.9 Å². The number of hydrogen-bond donors (Lipinski definition) is 1. The largest absolute Gasteiger partial charge is 0.302 e. The number of benzene rings is 1. The maximum absolute atomic E-state index is 13.4. The van der Waals surface area contributed by atoms with Gasteiger partial charge in [-0.05, 0) is 37.6 Å². The molecule has 5 aromatic rings.